The van der Waals surface area contributed by atoms with Gasteiger partial charge in [-0.25, -0.2) is 16.8 Å². The summed E-state index contributed by atoms with van der Waals surface area (Å²) in [7, 11) is -7.50. The van der Waals surface area contributed by atoms with Crippen LogP contribution in [0.15, 0.2) is 51.3 Å². The fraction of sp³-hybridized carbons (Fsp3) is 0.552. The van der Waals surface area contributed by atoms with Crippen molar-refractivity contribution in [3.63, 3.8) is 0 Å². The van der Waals surface area contributed by atoms with Gasteiger partial charge in [0.2, 0.25) is 20.0 Å². The van der Waals surface area contributed by atoms with E-state index in [1.165, 1.54) is 8.61 Å². The molecule has 10 heteroatoms. The molecular formula is C29H43N3O5S2. The number of hydrogen-bond acceptors (Lipinski definition) is 6. The molecule has 1 aliphatic carbocycles. The lowest BCUT2D eigenvalue weighted by Gasteiger charge is -2.22. The molecule has 0 amide bonds. The first-order valence-electron chi connectivity index (χ1n) is 14.2. The van der Waals surface area contributed by atoms with E-state index in [9.17, 15) is 22.0 Å². The van der Waals surface area contributed by atoms with E-state index in [0.29, 0.717) is 48.4 Å². The first-order valence-corrected chi connectivity index (χ1v) is 17.1. The van der Waals surface area contributed by atoms with Crippen molar-refractivity contribution in [3.05, 3.63) is 47.5 Å². The van der Waals surface area contributed by atoms with Crippen molar-refractivity contribution in [2.45, 2.75) is 88.9 Å². The number of oxime groups is 1. The van der Waals surface area contributed by atoms with Crippen molar-refractivity contribution in [3.8, 4) is 11.1 Å². The fourth-order valence-corrected chi connectivity index (χ4v) is 7.91. The molecule has 3 rings (SSSR count). The lowest BCUT2D eigenvalue weighted by molar-refractivity contribution is 0.320. The van der Waals surface area contributed by atoms with Crippen LogP contribution in [0.25, 0.3) is 11.1 Å². The quantitative estimate of drug-likeness (QED) is 0.164. The van der Waals surface area contributed by atoms with Crippen molar-refractivity contribution in [2.24, 2.45) is 5.16 Å². The molecule has 0 bridgehead atoms. The molecule has 39 heavy (non-hydrogen) atoms. The third kappa shape index (κ3) is 6.73. The zero-order chi connectivity index (χ0) is 28.6. The van der Waals surface area contributed by atoms with Gasteiger partial charge in [0, 0.05) is 37.3 Å². The molecule has 1 aliphatic rings. The lowest BCUT2D eigenvalue weighted by atomic mass is 10.1. The maximum atomic E-state index is 13.6. The van der Waals surface area contributed by atoms with Crippen LogP contribution in [-0.4, -0.2) is 62.5 Å². The zero-order valence-electron chi connectivity index (χ0n) is 23.7. The minimum Gasteiger partial charge on any atom is -0.410 e. The summed E-state index contributed by atoms with van der Waals surface area (Å²) in [6.45, 7) is 9.92. The van der Waals surface area contributed by atoms with E-state index in [4.69, 9.17) is 0 Å². The van der Waals surface area contributed by atoms with Gasteiger partial charge in [0.15, 0.2) is 0 Å². The van der Waals surface area contributed by atoms with Crippen LogP contribution in [0.4, 0.5) is 0 Å². The van der Waals surface area contributed by atoms with Crippen LogP contribution >= 0.6 is 0 Å². The summed E-state index contributed by atoms with van der Waals surface area (Å²) < 4.78 is 57.4. The number of nitrogens with zero attached hydrogens (tertiary/aromatic N) is 3. The first-order chi connectivity index (χ1) is 18.7. The van der Waals surface area contributed by atoms with Crippen LogP contribution in [0.3, 0.4) is 0 Å². The van der Waals surface area contributed by atoms with Gasteiger partial charge in [-0.05, 0) is 61.1 Å². The normalized spacial score (nSPS) is 13.2. The minimum absolute atomic E-state index is 0.139. The van der Waals surface area contributed by atoms with Gasteiger partial charge in [0.25, 0.3) is 0 Å². The van der Waals surface area contributed by atoms with Crippen molar-refractivity contribution in [1.29, 1.82) is 0 Å². The molecule has 0 saturated heterocycles. The van der Waals surface area contributed by atoms with Gasteiger partial charge in [-0.15, -0.1) is 0 Å². The van der Waals surface area contributed by atoms with E-state index in [-0.39, 0.29) is 15.5 Å². The molecule has 8 nitrogen and oxygen atoms in total. The molecule has 0 aromatic heterocycles. The maximum Gasteiger partial charge on any atom is 0.243 e. The average Bonchev–Trinajstić information content (AvgIpc) is 3.25. The van der Waals surface area contributed by atoms with Crippen LogP contribution in [0, 0.1) is 0 Å². The Morgan fingerprint density at radius 3 is 1.21 bits per heavy atom. The predicted molar refractivity (Wildman–Crippen MR) is 156 cm³/mol. The second-order valence-corrected chi connectivity index (χ2v) is 14.0. The number of sulfonamides is 2. The van der Waals surface area contributed by atoms with Crippen LogP contribution < -0.4 is 0 Å². The summed E-state index contributed by atoms with van der Waals surface area (Å²) in [5.74, 6) is 0. The van der Waals surface area contributed by atoms with Crippen LogP contribution in [0.5, 0.6) is 0 Å². The molecule has 0 radical (unpaired) electrons. The van der Waals surface area contributed by atoms with E-state index in [0.717, 1.165) is 51.4 Å². The van der Waals surface area contributed by atoms with E-state index < -0.39 is 20.0 Å². The summed E-state index contributed by atoms with van der Waals surface area (Å²) in [5.41, 5.74) is 2.55. The molecule has 0 unspecified atom stereocenters. The maximum absolute atomic E-state index is 13.6. The lowest BCUT2D eigenvalue weighted by Crippen LogP contribution is -2.33. The molecule has 2 aromatic carbocycles. The van der Waals surface area contributed by atoms with Gasteiger partial charge in [0.05, 0.1) is 9.79 Å². The summed E-state index contributed by atoms with van der Waals surface area (Å²) >= 11 is 0. The molecule has 0 spiro atoms. The van der Waals surface area contributed by atoms with E-state index >= 15 is 0 Å². The number of rotatable bonds is 16. The number of hydrogen-bond donors (Lipinski definition) is 1. The van der Waals surface area contributed by atoms with Gasteiger partial charge in [0.1, 0.15) is 5.71 Å². The highest BCUT2D eigenvalue weighted by molar-refractivity contribution is 7.89. The zero-order valence-corrected chi connectivity index (χ0v) is 25.3. The Morgan fingerprint density at radius 2 is 0.923 bits per heavy atom. The Bertz CT molecular complexity index is 1250. The van der Waals surface area contributed by atoms with Gasteiger partial charge in [-0.1, -0.05) is 70.7 Å². The van der Waals surface area contributed by atoms with E-state index in [2.05, 4.69) is 5.16 Å². The van der Waals surface area contributed by atoms with E-state index in [1.54, 1.807) is 36.4 Å². The molecule has 2 aromatic rings. The second-order valence-electron chi connectivity index (χ2n) is 10.1. The monoisotopic (exact) mass is 577 g/mol. The average molecular weight is 578 g/mol. The topological polar surface area (TPSA) is 107 Å². The van der Waals surface area contributed by atoms with Gasteiger partial charge in [-0.2, -0.15) is 8.61 Å². The van der Waals surface area contributed by atoms with Gasteiger partial charge >= 0.3 is 0 Å². The Labute approximate surface area is 234 Å². The SMILES string of the molecule is CCCCN(CCCC)S(=O)(=O)c1ccc2c(c1)C(=NO)c1cc(S(=O)(=O)N(CCCC)CCCC)ccc1-2. The molecule has 1 N–H and O–H groups in total. The molecular weight excluding hydrogens is 534 g/mol. The van der Waals surface area contributed by atoms with Crippen molar-refractivity contribution < 1.29 is 22.0 Å². The van der Waals surface area contributed by atoms with Gasteiger partial charge < -0.3 is 5.21 Å². The van der Waals surface area contributed by atoms with Crippen molar-refractivity contribution in [2.75, 3.05) is 26.2 Å². The Hall–Kier alpha value is -2.27. The minimum atomic E-state index is -3.75. The van der Waals surface area contributed by atoms with Crippen LogP contribution in [0.2, 0.25) is 0 Å². The third-order valence-corrected chi connectivity index (χ3v) is 11.0. The summed E-state index contributed by atoms with van der Waals surface area (Å²) in [6.07, 6.45) is 6.63. The molecule has 0 atom stereocenters. The fourth-order valence-electron chi connectivity index (χ4n) is 4.82. The standard InChI is InChI=1S/C29H43N3O5S2/c1-5-9-17-31(18-10-6-2)38(34,35)23-13-15-25-26-16-14-24(22-28(26)29(30-33)27(25)21-23)39(36,37)32(19-11-7-3)20-12-8-4/h13-16,21-22,33H,5-12,17-20H2,1-4H3. The predicted octanol–water partition coefficient (Wildman–Crippen LogP) is 6.08. The number of fused-ring (bicyclic) bond motifs is 3. The highest BCUT2D eigenvalue weighted by atomic mass is 32.2. The van der Waals surface area contributed by atoms with Crippen LogP contribution in [0.1, 0.15) is 90.2 Å². The highest BCUT2D eigenvalue weighted by Crippen LogP contribution is 2.40. The summed E-state index contributed by atoms with van der Waals surface area (Å²) in [4.78, 5) is 0.279. The number of benzene rings is 2. The second kappa shape index (κ2) is 13.9. The summed E-state index contributed by atoms with van der Waals surface area (Å²) in [6, 6.07) is 9.72. The molecule has 0 heterocycles. The van der Waals surface area contributed by atoms with Crippen molar-refractivity contribution in [1.82, 2.24) is 8.61 Å². The molecule has 0 fully saturated rings. The summed E-state index contributed by atoms with van der Waals surface area (Å²) in [5, 5.41) is 13.5. The smallest absolute Gasteiger partial charge is 0.243 e. The van der Waals surface area contributed by atoms with Gasteiger partial charge in [-0.3, -0.25) is 0 Å². The first kappa shape index (κ1) is 31.3. The van der Waals surface area contributed by atoms with E-state index in [1.807, 2.05) is 27.7 Å². The molecule has 0 saturated carbocycles. The Balaban J connectivity index is 2.02. The number of unbranched alkanes of at least 4 members (excludes halogenated alkanes) is 4. The van der Waals surface area contributed by atoms with Crippen molar-refractivity contribution >= 4 is 25.8 Å². The third-order valence-electron chi connectivity index (χ3n) is 7.20. The Kier molecular flexibility index (Phi) is 11.1. The van der Waals surface area contributed by atoms with Crippen LogP contribution in [-0.2, 0) is 20.0 Å². The molecule has 216 valence electrons. The highest BCUT2D eigenvalue weighted by Gasteiger charge is 2.32. The largest absolute Gasteiger partial charge is 0.410 e. The molecule has 0 aliphatic heterocycles. The Morgan fingerprint density at radius 1 is 0.590 bits per heavy atom.